The number of fused-ring (bicyclic) bond motifs is 1. The van der Waals surface area contributed by atoms with Crippen LogP contribution in [0.2, 0.25) is 0 Å². The highest BCUT2D eigenvalue weighted by Gasteiger charge is 2.14. The molecule has 0 fully saturated rings. The summed E-state index contributed by atoms with van der Waals surface area (Å²) in [6, 6.07) is 2.08. The Labute approximate surface area is 115 Å². The molecule has 0 aliphatic carbocycles. The van der Waals surface area contributed by atoms with E-state index in [1.54, 1.807) is 16.0 Å². The fourth-order valence-corrected chi connectivity index (χ4v) is 3.04. The molecule has 0 aromatic carbocycles. The molecule has 0 atom stereocenters. The van der Waals surface area contributed by atoms with Crippen molar-refractivity contribution >= 4 is 43.4 Å². The summed E-state index contributed by atoms with van der Waals surface area (Å²) in [5.74, 6) is 0.895. The molecular weight excluding hydrogens is 316 g/mol. The second kappa shape index (κ2) is 4.29. The number of hydrogen-bond acceptors (Lipinski definition) is 6. The molecule has 92 valence electrons. The topological polar surface area (TPSA) is 82.5 Å². The molecular formula is C10H9BrN6S. The minimum absolute atomic E-state index is 0.208. The van der Waals surface area contributed by atoms with E-state index >= 15 is 0 Å². The van der Waals surface area contributed by atoms with Crippen LogP contribution in [0.1, 0.15) is 11.8 Å². The van der Waals surface area contributed by atoms with Crippen molar-refractivity contribution in [1.82, 2.24) is 24.7 Å². The maximum absolute atomic E-state index is 5.58. The third kappa shape index (κ3) is 1.77. The summed E-state index contributed by atoms with van der Waals surface area (Å²) in [6.07, 6.45) is 2.50. The number of thiophene rings is 1. The Bertz CT molecular complexity index is 718. The Hall–Kier alpha value is -1.54. The van der Waals surface area contributed by atoms with Crippen molar-refractivity contribution in [2.24, 2.45) is 0 Å². The van der Waals surface area contributed by atoms with E-state index in [4.69, 9.17) is 5.73 Å². The van der Waals surface area contributed by atoms with Gasteiger partial charge >= 0.3 is 0 Å². The van der Waals surface area contributed by atoms with Gasteiger partial charge in [0.1, 0.15) is 11.2 Å². The molecule has 3 aromatic rings. The minimum Gasteiger partial charge on any atom is -0.366 e. The maximum atomic E-state index is 5.58. The molecule has 8 heteroatoms. The summed E-state index contributed by atoms with van der Waals surface area (Å²) in [5.41, 5.74) is 5.58. The molecule has 3 aromatic heterocycles. The van der Waals surface area contributed by atoms with Crippen molar-refractivity contribution < 1.29 is 0 Å². The second-order valence-electron chi connectivity index (χ2n) is 3.63. The second-order valence-corrected chi connectivity index (χ2v) is 5.46. The first-order valence-electron chi connectivity index (χ1n) is 5.31. The van der Waals surface area contributed by atoms with Crippen molar-refractivity contribution in [3.05, 3.63) is 22.0 Å². The van der Waals surface area contributed by atoms with Crippen LogP contribution < -0.4 is 5.73 Å². The van der Waals surface area contributed by atoms with Gasteiger partial charge in [-0.05, 0) is 28.4 Å². The lowest BCUT2D eigenvalue weighted by Crippen LogP contribution is -2.01. The normalized spacial score (nSPS) is 11.2. The molecule has 0 saturated heterocycles. The van der Waals surface area contributed by atoms with E-state index in [0.29, 0.717) is 10.6 Å². The monoisotopic (exact) mass is 324 g/mol. The fourth-order valence-electron chi connectivity index (χ4n) is 1.68. The number of anilines is 1. The Kier molecular flexibility index (Phi) is 2.75. The molecule has 0 aliphatic rings. The maximum Gasteiger partial charge on any atom is 0.240 e. The van der Waals surface area contributed by atoms with Crippen LogP contribution in [-0.2, 0) is 6.42 Å². The van der Waals surface area contributed by atoms with Gasteiger partial charge in [0, 0.05) is 4.88 Å². The SMILES string of the molecule is CCc1cc2c(-n3nc(N)nc3Br)ncnc2s1. The standard InChI is InChI=1S/C10H9BrN6S/c1-2-5-3-6-7(13-4-14-8(6)18-5)17-9(11)15-10(12)16-17/h3-4H,2H2,1H3,(H2,12,16). The highest BCUT2D eigenvalue weighted by Crippen LogP contribution is 2.28. The molecule has 0 saturated carbocycles. The van der Waals surface area contributed by atoms with E-state index in [2.05, 4.69) is 49.0 Å². The molecule has 0 radical (unpaired) electrons. The van der Waals surface area contributed by atoms with E-state index in [1.165, 1.54) is 11.2 Å². The summed E-state index contributed by atoms with van der Waals surface area (Å²) < 4.78 is 2.11. The number of rotatable bonds is 2. The van der Waals surface area contributed by atoms with E-state index < -0.39 is 0 Å². The first-order valence-corrected chi connectivity index (χ1v) is 6.92. The van der Waals surface area contributed by atoms with Crippen molar-refractivity contribution in [3.63, 3.8) is 0 Å². The highest BCUT2D eigenvalue weighted by atomic mass is 79.9. The number of hydrogen-bond donors (Lipinski definition) is 1. The van der Waals surface area contributed by atoms with Gasteiger partial charge in [-0.2, -0.15) is 9.67 Å². The number of aromatic nitrogens is 5. The van der Waals surface area contributed by atoms with Crippen LogP contribution in [0.25, 0.3) is 16.0 Å². The molecule has 3 rings (SSSR count). The van der Waals surface area contributed by atoms with Crippen LogP contribution in [0.4, 0.5) is 5.95 Å². The first-order chi connectivity index (χ1) is 8.69. The zero-order valence-corrected chi connectivity index (χ0v) is 11.9. The van der Waals surface area contributed by atoms with Gasteiger partial charge in [-0.25, -0.2) is 9.97 Å². The lowest BCUT2D eigenvalue weighted by atomic mass is 10.3. The minimum atomic E-state index is 0.208. The summed E-state index contributed by atoms with van der Waals surface area (Å²) in [4.78, 5) is 14.8. The summed E-state index contributed by atoms with van der Waals surface area (Å²) in [5, 5.41) is 5.08. The molecule has 0 aliphatic heterocycles. The smallest absolute Gasteiger partial charge is 0.240 e. The third-order valence-electron chi connectivity index (χ3n) is 2.49. The Morgan fingerprint density at radius 2 is 2.28 bits per heavy atom. The molecule has 6 nitrogen and oxygen atoms in total. The lowest BCUT2D eigenvalue weighted by Gasteiger charge is -2.01. The molecule has 0 spiro atoms. The zero-order chi connectivity index (χ0) is 12.7. The van der Waals surface area contributed by atoms with E-state index in [1.807, 2.05) is 0 Å². The Morgan fingerprint density at radius 3 is 2.94 bits per heavy atom. The summed E-state index contributed by atoms with van der Waals surface area (Å²) >= 11 is 4.98. The zero-order valence-electron chi connectivity index (χ0n) is 9.46. The van der Waals surface area contributed by atoms with Crippen LogP contribution in [0.3, 0.4) is 0 Å². The van der Waals surface area contributed by atoms with Crippen LogP contribution in [0, 0.1) is 0 Å². The predicted molar refractivity (Wildman–Crippen MR) is 73.8 cm³/mol. The van der Waals surface area contributed by atoms with Gasteiger partial charge in [-0.1, -0.05) is 6.92 Å². The van der Waals surface area contributed by atoms with Crippen LogP contribution >= 0.6 is 27.3 Å². The van der Waals surface area contributed by atoms with E-state index in [-0.39, 0.29) is 5.95 Å². The highest BCUT2D eigenvalue weighted by molar-refractivity contribution is 9.10. The van der Waals surface area contributed by atoms with Gasteiger partial charge in [0.05, 0.1) is 5.39 Å². The van der Waals surface area contributed by atoms with Gasteiger partial charge in [0.25, 0.3) is 0 Å². The lowest BCUT2D eigenvalue weighted by molar-refractivity contribution is 0.832. The summed E-state index contributed by atoms with van der Waals surface area (Å²) in [6.45, 7) is 2.11. The average Bonchev–Trinajstić information content (AvgIpc) is 2.91. The fraction of sp³-hybridized carbons (Fsp3) is 0.200. The van der Waals surface area contributed by atoms with Gasteiger partial charge in [-0.3, -0.25) is 0 Å². The van der Waals surface area contributed by atoms with Crippen molar-refractivity contribution in [2.75, 3.05) is 5.73 Å². The number of nitrogens with zero attached hydrogens (tertiary/aromatic N) is 5. The Balaban J connectivity index is 2.28. The van der Waals surface area contributed by atoms with Gasteiger partial charge in [0.15, 0.2) is 5.82 Å². The van der Waals surface area contributed by atoms with E-state index in [0.717, 1.165) is 16.6 Å². The average molecular weight is 325 g/mol. The van der Waals surface area contributed by atoms with Crippen molar-refractivity contribution in [3.8, 4) is 5.82 Å². The van der Waals surface area contributed by atoms with Gasteiger partial charge in [0.2, 0.25) is 10.7 Å². The summed E-state index contributed by atoms with van der Waals surface area (Å²) in [7, 11) is 0. The van der Waals surface area contributed by atoms with Crippen LogP contribution in [0.5, 0.6) is 0 Å². The van der Waals surface area contributed by atoms with Crippen molar-refractivity contribution in [1.29, 1.82) is 0 Å². The number of halogens is 1. The first kappa shape index (κ1) is 11.5. The van der Waals surface area contributed by atoms with E-state index in [9.17, 15) is 0 Å². The Morgan fingerprint density at radius 1 is 1.44 bits per heavy atom. The molecule has 0 bridgehead atoms. The molecule has 18 heavy (non-hydrogen) atoms. The van der Waals surface area contributed by atoms with Crippen molar-refractivity contribution in [2.45, 2.75) is 13.3 Å². The number of aryl methyl sites for hydroxylation is 1. The molecule has 0 unspecified atom stereocenters. The number of nitrogens with two attached hydrogens (primary N) is 1. The predicted octanol–water partition coefficient (Wildman–Crippen LogP) is 2.18. The molecule has 2 N–H and O–H groups in total. The van der Waals surface area contributed by atoms with Gasteiger partial charge in [-0.15, -0.1) is 16.4 Å². The van der Waals surface area contributed by atoms with Gasteiger partial charge < -0.3 is 5.73 Å². The largest absolute Gasteiger partial charge is 0.366 e. The quantitative estimate of drug-likeness (QED) is 0.781. The number of nitrogen functional groups attached to an aromatic ring is 1. The molecule has 3 heterocycles. The molecule has 0 amide bonds. The van der Waals surface area contributed by atoms with Crippen LogP contribution in [-0.4, -0.2) is 24.7 Å². The third-order valence-corrected chi connectivity index (χ3v) is 4.19. The van der Waals surface area contributed by atoms with Crippen LogP contribution in [0.15, 0.2) is 17.1 Å².